The molecule has 0 saturated carbocycles. The molecular weight excluding hydrogens is 338 g/mol. The first-order valence-electron chi connectivity index (χ1n) is 5.49. The molecule has 1 N–H and O–H groups in total. The highest BCUT2D eigenvalue weighted by Gasteiger charge is 2.21. The second kappa shape index (κ2) is 5.57. The predicted molar refractivity (Wildman–Crippen MR) is 74.3 cm³/mol. The van der Waals surface area contributed by atoms with Gasteiger partial charge in [0.1, 0.15) is 17.7 Å². The van der Waals surface area contributed by atoms with E-state index in [1.165, 1.54) is 6.07 Å². The van der Waals surface area contributed by atoms with Crippen LogP contribution in [0.2, 0.25) is 5.02 Å². The third-order valence-corrected chi connectivity index (χ3v) is 3.89. The zero-order chi connectivity index (χ0) is 14.2. The fourth-order valence-corrected chi connectivity index (χ4v) is 2.26. The maximum atomic E-state index is 13.9. The van der Waals surface area contributed by atoms with Crippen molar-refractivity contribution >= 4 is 27.5 Å². The molecule has 0 aliphatic heterocycles. The molecule has 1 atom stereocenters. The first-order chi connectivity index (χ1) is 8.91. The molecule has 0 saturated heterocycles. The zero-order valence-corrected chi connectivity index (χ0v) is 12.3. The largest absolute Gasteiger partial charge is 0.383 e. The number of hydrogen-bond donors (Lipinski definition) is 1. The lowest BCUT2D eigenvalue weighted by atomic mass is 9.99. The van der Waals surface area contributed by atoms with Gasteiger partial charge in [-0.3, -0.25) is 0 Å². The van der Waals surface area contributed by atoms with Gasteiger partial charge in [0.25, 0.3) is 0 Å². The number of hydrogen-bond acceptors (Lipinski definition) is 1. The lowest BCUT2D eigenvalue weighted by Gasteiger charge is -2.15. The fraction of sp³-hybridized carbons (Fsp3) is 0.143. The molecule has 0 fully saturated rings. The number of benzene rings is 2. The summed E-state index contributed by atoms with van der Waals surface area (Å²) in [6.07, 6.45) is -1.38. The van der Waals surface area contributed by atoms with Gasteiger partial charge in [0.2, 0.25) is 0 Å². The molecule has 2 rings (SSSR count). The zero-order valence-electron chi connectivity index (χ0n) is 9.92. The Hall–Kier alpha value is -0.970. The minimum absolute atomic E-state index is 0.105. The average molecular weight is 348 g/mol. The highest BCUT2D eigenvalue weighted by molar-refractivity contribution is 9.10. The SMILES string of the molecule is Cc1cc(C(O)c2c(F)ccc(Br)c2F)ccc1Cl. The normalized spacial score (nSPS) is 12.5. The number of aliphatic hydroxyl groups excluding tert-OH is 1. The monoisotopic (exact) mass is 346 g/mol. The number of aliphatic hydroxyl groups is 1. The van der Waals surface area contributed by atoms with E-state index in [9.17, 15) is 13.9 Å². The van der Waals surface area contributed by atoms with Crippen LogP contribution in [0.3, 0.4) is 0 Å². The summed E-state index contributed by atoms with van der Waals surface area (Å²) in [6.45, 7) is 1.76. The second-order valence-electron chi connectivity index (χ2n) is 4.17. The van der Waals surface area contributed by atoms with E-state index in [0.717, 1.165) is 11.6 Å². The molecule has 0 radical (unpaired) electrons. The van der Waals surface area contributed by atoms with Gasteiger partial charge >= 0.3 is 0 Å². The summed E-state index contributed by atoms with van der Waals surface area (Å²) in [5, 5.41) is 10.7. The van der Waals surface area contributed by atoms with Crippen LogP contribution in [-0.2, 0) is 0 Å². The van der Waals surface area contributed by atoms with Crippen LogP contribution in [0.25, 0.3) is 0 Å². The molecule has 2 aromatic rings. The molecule has 100 valence electrons. The van der Waals surface area contributed by atoms with Crippen molar-refractivity contribution in [1.29, 1.82) is 0 Å². The van der Waals surface area contributed by atoms with Gasteiger partial charge < -0.3 is 5.11 Å². The molecule has 0 aliphatic carbocycles. The molecule has 1 nitrogen and oxygen atoms in total. The Morgan fingerprint density at radius 2 is 1.89 bits per heavy atom. The van der Waals surface area contributed by atoms with Crippen molar-refractivity contribution < 1.29 is 13.9 Å². The van der Waals surface area contributed by atoms with Crippen LogP contribution in [0.5, 0.6) is 0 Å². The number of rotatable bonds is 2. The number of halogens is 4. The van der Waals surface area contributed by atoms with Crippen LogP contribution < -0.4 is 0 Å². The van der Waals surface area contributed by atoms with Gasteiger partial charge in [-0.25, -0.2) is 8.78 Å². The molecule has 0 heterocycles. The van der Waals surface area contributed by atoms with Gasteiger partial charge in [0, 0.05) is 5.02 Å². The van der Waals surface area contributed by atoms with E-state index in [2.05, 4.69) is 15.9 Å². The third kappa shape index (κ3) is 2.81. The van der Waals surface area contributed by atoms with Crippen LogP contribution in [0.15, 0.2) is 34.8 Å². The summed E-state index contributed by atoms with van der Waals surface area (Å²) in [5.41, 5.74) is 0.739. The Morgan fingerprint density at radius 1 is 1.21 bits per heavy atom. The van der Waals surface area contributed by atoms with Gasteiger partial charge in [0.15, 0.2) is 0 Å². The molecule has 19 heavy (non-hydrogen) atoms. The van der Waals surface area contributed by atoms with Gasteiger partial charge in [-0.2, -0.15) is 0 Å². The van der Waals surface area contributed by atoms with Crippen LogP contribution >= 0.6 is 27.5 Å². The topological polar surface area (TPSA) is 20.2 Å². The van der Waals surface area contributed by atoms with E-state index in [0.29, 0.717) is 10.6 Å². The van der Waals surface area contributed by atoms with Crippen molar-refractivity contribution in [2.45, 2.75) is 13.0 Å². The molecular formula is C14H10BrClF2O. The first kappa shape index (κ1) is 14.4. The molecule has 0 bridgehead atoms. The molecule has 0 amide bonds. The molecule has 0 aromatic heterocycles. The van der Waals surface area contributed by atoms with E-state index in [4.69, 9.17) is 11.6 Å². The van der Waals surface area contributed by atoms with Crippen molar-refractivity contribution in [2.75, 3.05) is 0 Å². The summed E-state index contributed by atoms with van der Waals surface area (Å²) >= 11 is 8.86. The minimum atomic E-state index is -1.38. The van der Waals surface area contributed by atoms with Gasteiger partial charge in [-0.15, -0.1) is 0 Å². The summed E-state index contributed by atoms with van der Waals surface area (Å²) in [7, 11) is 0. The van der Waals surface area contributed by atoms with Crippen LogP contribution in [-0.4, -0.2) is 5.11 Å². The molecule has 5 heteroatoms. The van der Waals surface area contributed by atoms with Crippen LogP contribution in [0.1, 0.15) is 22.8 Å². The van der Waals surface area contributed by atoms with Gasteiger partial charge in [-0.1, -0.05) is 23.7 Å². The molecule has 2 aromatic carbocycles. The standard InChI is InChI=1S/C14H10BrClF2O/c1-7-6-8(2-4-10(7)16)14(19)12-11(17)5-3-9(15)13(12)18/h2-6,14,19H,1H3. The Labute approximate surface area is 123 Å². The Bertz CT molecular complexity index is 631. The average Bonchev–Trinajstić information content (AvgIpc) is 2.37. The van der Waals surface area contributed by atoms with E-state index in [-0.39, 0.29) is 10.0 Å². The van der Waals surface area contributed by atoms with Crippen molar-refractivity contribution in [3.8, 4) is 0 Å². The molecule has 0 aliphatic rings. The fourth-order valence-electron chi connectivity index (χ4n) is 1.80. The maximum absolute atomic E-state index is 13.9. The molecule has 1 unspecified atom stereocenters. The highest BCUT2D eigenvalue weighted by atomic mass is 79.9. The van der Waals surface area contributed by atoms with E-state index < -0.39 is 17.7 Å². The lowest BCUT2D eigenvalue weighted by Crippen LogP contribution is -2.06. The van der Waals surface area contributed by atoms with Gasteiger partial charge in [-0.05, 0) is 52.2 Å². The maximum Gasteiger partial charge on any atom is 0.146 e. The molecule has 0 spiro atoms. The predicted octanol–water partition coefficient (Wildman–Crippen LogP) is 4.77. The Balaban J connectivity index is 2.52. The second-order valence-corrected chi connectivity index (χ2v) is 5.43. The van der Waals surface area contributed by atoms with Crippen molar-refractivity contribution in [3.63, 3.8) is 0 Å². The van der Waals surface area contributed by atoms with Gasteiger partial charge in [0.05, 0.1) is 10.0 Å². The van der Waals surface area contributed by atoms with Crippen molar-refractivity contribution in [3.05, 3.63) is 68.2 Å². The summed E-state index contributed by atoms with van der Waals surface area (Å²) < 4.78 is 27.7. The van der Waals surface area contributed by atoms with E-state index >= 15 is 0 Å². The van der Waals surface area contributed by atoms with Crippen molar-refractivity contribution in [1.82, 2.24) is 0 Å². The smallest absolute Gasteiger partial charge is 0.146 e. The summed E-state index contributed by atoms with van der Waals surface area (Å²) in [4.78, 5) is 0. The minimum Gasteiger partial charge on any atom is -0.383 e. The lowest BCUT2D eigenvalue weighted by molar-refractivity contribution is 0.208. The summed E-state index contributed by atoms with van der Waals surface area (Å²) in [6, 6.07) is 7.10. The first-order valence-corrected chi connectivity index (χ1v) is 6.66. The third-order valence-electron chi connectivity index (χ3n) is 2.85. The Morgan fingerprint density at radius 3 is 2.53 bits per heavy atom. The van der Waals surface area contributed by atoms with Crippen LogP contribution in [0.4, 0.5) is 8.78 Å². The Kier molecular flexibility index (Phi) is 4.23. The number of aryl methyl sites for hydroxylation is 1. The van der Waals surface area contributed by atoms with Crippen LogP contribution in [0, 0.1) is 18.6 Å². The summed E-state index contributed by atoms with van der Waals surface area (Å²) in [5.74, 6) is -1.60. The van der Waals surface area contributed by atoms with E-state index in [1.807, 2.05) is 0 Å². The van der Waals surface area contributed by atoms with Crippen molar-refractivity contribution in [2.24, 2.45) is 0 Å². The highest BCUT2D eigenvalue weighted by Crippen LogP contribution is 2.31. The quantitative estimate of drug-likeness (QED) is 0.776. The van der Waals surface area contributed by atoms with E-state index in [1.54, 1.807) is 25.1 Å².